The van der Waals surface area contributed by atoms with Crippen molar-refractivity contribution in [1.82, 2.24) is 10.2 Å². The quantitative estimate of drug-likeness (QED) is 0.751. The predicted molar refractivity (Wildman–Crippen MR) is 83.5 cm³/mol. The molecule has 1 aromatic rings. The Morgan fingerprint density at radius 1 is 1.23 bits per heavy atom. The van der Waals surface area contributed by atoms with E-state index >= 15 is 0 Å². The number of aromatic hydroxyl groups is 2. The fourth-order valence-corrected chi connectivity index (χ4v) is 3.75. The van der Waals surface area contributed by atoms with Crippen molar-refractivity contribution in [2.24, 2.45) is 0 Å². The van der Waals surface area contributed by atoms with Crippen LogP contribution in [-0.4, -0.2) is 33.1 Å². The van der Waals surface area contributed by atoms with Crippen LogP contribution < -0.4 is 5.32 Å². The number of nitrogens with one attached hydrogen (secondary N) is 1. The summed E-state index contributed by atoms with van der Waals surface area (Å²) in [6.07, 6.45) is 5.77. The van der Waals surface area contributed by atoms with Gasteiger partial charge in [0.15, 0.2) is 11.5 Å². The van der Waals surface area contributed by atoms with Crippen molar-refractivity contribution in [1.29, 1.82) is 0 Å². The van der Waals surface area contributed by atoms with Crippen molar-refractivity contribution in [3.63, 3.8) is 0 Å². The minimum Gasteiger partial charge on any atom is -0.504 e. The Bertz CT molecular complexity index is 567. The molecule has 1 aromatic carbocycles. The van der Waals surface area contributed by atoms with Crippen LogP contribution in [0.1, 0.15) is 57.2 Å². The second-order valence-electron chi connectivity index (χ2n) is 6.44. The third-order valence-electron chi connectivity index (χ3n) is 4.88. The fourth-order valence-electron chi connectivity index (χ4n) is 3.75. The topological polar surface area (TPSA) is 72.8 Å². The van der Waals surface area contributed by atoms with Gasteiger partial charge in [-0.05, 0) is 37.0 Å². The number of rotatable bonds is 3. The minimum absolute atomic E-state index is 0.137. The number of carbonyl (C=O) groups is 1. The lowest BCUT2D eigenvalue weighted by atomic mass is 9.81. The van der Waals surface area contributed by atoms with Gasteiger partial charge in [-0.1, -0.05) is 32.3 Å². The molecule has 3 rings (SSSR count). The zero-order chi connectivity index (χ0) is 15.7. The van der Waals surface area contributed by atoms with Crippen LogP contribution >= 0.6 is 0 Å². The Morgan fingerprint density at radius 3 is 2.59 bits per heavy atom. The Hall–Kier alpha value is -1.75. The highest BCUT2D eigenvalue weighted by atomic mass is 16.3. The Morgan fingerprint density at radius 2 is 1.95 bits per heavy atom. The lowest BCUT2D eigenvalue weighted by Crippen LogP contribution is -2.48. The van der Waals surface area contributed by atoms with Crippen LogP contribution in [0.2, 0.25) is 0 Å². The van der Waals surface area contributed by atoms with Crippen molar-refractivity contribution in [2.45, 2.75) is 57.2 Å². The zero-order valence-corrected chi connectivity index (χ0v) is 13.0. The van der Waals surface area contributed by atoms with Gasteiger partial charge >= 0.3 is 0 Å². The number of carbonyl (C=O) groups excluding carboxylic acids is 1. The third kappa shape index (κ3) is 2.43. The van der Waals surface area contributed by atoms with Crippen LogP contribution in [0.25, 0.3) is 0 Å². The van der Waals surface area contributed by atoms with Gasteiger partial charge in [-0.3, -0.25) is 10.1 Å². The Balaban J connectivity index is 1.94. The average Bonchev–Trinajstić information content (AvgIpc) is 2.77. The molecule has 1 heterocycles. The van der Waals surface area contributed by atoms with E-state index in [9.17, 15) is 15.0 Å². The molecule has 1 amide bonds. The Labute approximate surface area is 130 Å². The van der Waals surface area contributed by atoms with E-state index in [4.69, 9.17) is 0 Å². The van der Waals surface area contributed by atoms with Crippen molar-refractivity contribution >= 4 is 5.91 Å². The lowest BCUT2D eigenvalue weighted by molar-refractivity contribution is -0.134. The maximum atomic E-state index is 13.0. The second-order valence-corrected chi connectivity index (χ2v) is 6.44. The van der Waals surface area contributed by atoms with E-state index in [1.807, 2.05) is 4.90 Å². The van der Waals surface area contributed by atoms with E-state index < -0.39 is 5.54 Å². The van der Waals surface area contributed by atoms with Gasteiger partial charge in [0.25, 0.3) is 0 Å². The molecular formula is C17H24N2O3. The van der Waals surface area contributed by atoms with Crippen molar-refractivity contribution < 1.29 is 15.0 Å². The molecular weight excluding hydrogens is 280 g/mol. The number of nitrogens with zero attached hydrogens (tertiary/aromatic N) is 1. The van der Waals surface area contributed by atoms with Gasteiger partial charge in [-0.25, -0.2) is 0 Å². The van der Waals surface area contributed by atoms with Gasteiger partial charge in [0.2, 0.25) is 5.91 Å². The first-order chi connectivity index (χ1) is 10.6. The summed E-state index contributed by atoms with van der Waals surface area (Å²) >= 11 is 0. The molecule has 1 saturated heterocycles. The van der Waals surface area contributed by atoms with Crippen LogP contribution in [0.5, 0.6) is 11.5 Å². The van der Waals surface area contributed by atoms with Crippen LogP contribution in [0.4, 0.5) is 0 Å². The molecule has 1 spiro atoms. The molecule has 1 saturated carbocycles. The summed E-state index contributed by atoms with van der Waals surface area (Å²) in [6, 6.07) is 4.79. The molecule has 22 heavy (non-hydrogen) atoms. The molecule has 2 fully saturated rings. The van der Waals surface area contributed by atoms with Gasteiger partial charge < -0.3 is 15.1 Å². The van der Waals surface area contributed by atoms with Crippen molar-refractivity contribution in [3.05, 3.63) is 23.8 Å². The fraction of sp³-hybridized carbons (Fsp3) is 0.588. The minimum atomic E-state index is -0.439. The summed E-state index contributed by atoms with van der Waals surface area (Å²) in [5.74, 6) is -0.0955. The van der Waals surface area contributed by atoms with Gasteiger partial charge in [0.05, 0.1) is 5.54 Å². The smallest absolute Gasteiger partial charge is 0.244 e. The SMILES string of the molecule is CCCN1C(=O)C2(CCCCC2)N[C@H]1c1ccc(O)c(O)c1. The van der Waals surface area contributed by atoms with Gasteiger partial charge in [-0.2, -0.15) is 0 Å². The van der Waals surface area contributed by atoms with Crippen LogP contribution in [-0.2, 0) is 4.79 Å². The van der Waals surface area contributed by atoms with Crippen LogP contribution in [0.3, 0.4) is 0 Å². The highest BCUT2D eigenvalue weighted by Crippen LogP contribution is 2.41. The zero-order valence-electron chi connectivity index (χ0n) is 13.0. The van der Waals surface area contributed by atoms with Crippen molar-refractivity contribution in [2.75, 3.05) is 6.54 Å². The molecule has 0 unspecified atom stereocenters. The first-order valence-electron chi connectivity index (χ1n) is 8.18. The predicted octanol–water partition coefficient (Wildman–Crippen LogP) is 2.64. The van der Waals surface area contributed by atoms with E-state index in [2.05, 4.69) is 12.2 Å². The summed E-state index contributed by atoms with van der Waals surface area (Å²) < 4.78 is 0. The molecule has 2 aliphatic rings. The Kier molecular flexibility index (Phi) is 4.00. The maximum absolute atomic E-state index is 13.0. The molecule has 1 atom stereocenters. The average molecular weight is 304 g/mol. The number of hydrogen-bond donors (Lipinski definition) is 3. The van der Waals surface area contributed by atoms with E-state index in [-0.39, 0.29) is 23.6 Å². The highest BCUT2D eigenvalue weighted by Gasteiger charge is 2.51. The van der Waals surface area contributed by atoms with Gasteiger partial charge in [0.1, 0.15) is 6.17 Å². The number of amides is 1. The monoisotopic (exact) mass is 304 g/mol. The molecule has 3 N–H and O–H groups in total. The van der Waals surface area contributed by atoms with Gasteiger partial charge in [0, 0.05) is 6.54 Å². The summed E-state index contributed by atoms with van der Waals surface area (Å²) in [5.41, 5.74) is 0.380. The summed E-state index contributed by atoms with van der Waals surface area (Å²) in [6.45, 7) is 2.75. The molecule has 5 nitrogen and oxygen atoms in total. The lowest BCUT2D eigenvalue weighted by Gasteiger charge is -2.31. The van der Waals surface area contributed by atoms with E-state index in [0.29, 0.717) is 6.54 Å². The molecule has 0 bridgehead atoms. The van der Waals surface area contributed by atoms with E-state index in [1.54, 1.807) is 12.1 Å². The van der Waals surface area contributed by atoms with E-state index in [1.165, 1.54) is 12.5 Å². The normalized spacial score (nSPS) is 24.1. The molecule has 120 valence electrons. The number of hydrogen-bond acceptors (Lipinski definition) is 4. The van der Waals surface area contributed by atoms with Crippen molar-refractivity contribution in [3.8, 4) is 11.5 Å². The first-order valence-corrected chi connectivity index (χ1v) is 8.18. The third-order valence-corrected chi connectivity index (χ3v) is 4.88. The summed E-state index contributed by atoms with van der Waals surface area (Å²) in [4.78, 5) is 14.8. The highest BCUT2D eigenvalue weighted by molar-refractivity contribution is 5.89. The standard InChI is InChI=1S/C17H24N2O3/c1-2-10-19-15(12-6-7-13(20)14(21)11-12)18-17(16(19)22)8-4-3-5-9-17/h6-7,11,15,18,20-21H,2-5,8-10H2,1H3/t15-/m1/s1. The molecule has 5 heteroatoms. The van der Waals surface area contributed by atoms with Gasteiger partial charge in [-0.15, -0.1) is 0 Å². The number of phenols is 2. The van der Waals surface area contributed by atoms with Crippen LogP contribution in [0, 0.1) is 0 Å². The largest absolute Gasteiger partial charge is 0.504 e. The molecule has 0 radical (unpaired) electrons. The van der Waals surface area contributed by atoms with E-state index in [0.717, 1.165) is 37.7 Å². The molecule has 0 aromatic heterocycles. The van der Waals surface area contributed by atoms with Crippen LogP contribution in [0.15, 0.2) is 18.2 Å². The summed E-state index contributed by atoms with van der Waals surface area (Å²) in [7, 11) is 0. The first kappa shape index (κ1) is 15.2. The second kappa shape index (κ2) is 5.80. The number of benzene rings is 1. The maximum Gasteiger partial charge on any atom is 0.244 e. The molecule has 1 aliphatic heterocycles. The number of phenolic OH excluding ortho intramolecular Hbond substituents is 2. The molecule has 1 aliphatic carbocycles. The summed E-state index contributed by atoms with van der Waals surface area (Å²) in [5, 5.41) is 22.8.